The topological polar surface area (TPSA) is 63.7 Å². The number of ether oxygens (including phenoxy) is 2. The highest BCUT2D eigenvalue weighted by atomic mass is 19.4. The number of nitrogens with one attached hydrogen (secondary N) is 1. The van der Waals surface area contributed by atoms with Crippen molar-refractivity contribution in [3.05, 3.63) is 47.2 Å². The minimum atomic E-state index is -4.50. The average molecular weight is 451 g/mol. The van der Waals surface area contributed by atoms with Crippen LogP contribution < -0.4 is 19.7 Å². The third-order valence-electron chi connectivity index (χ3n) is 5.78. The Morgan fingerprint density at radius 2 is 1.94 bits per heavy atom. The second-order valence-electron chi connectivity index (χ2n) is 7.95. The van der Waals surface area contributed by atoms with E-state index in [0.717, 1.165) is 17.2 Å². The van der Waals surface area contributed by atoms with Gasteiger partial charge in [-0.05, 0) is 62.1 Å². The normalized spacial score (nSPS) is 17.6. The smallest absolute Gasteiger partial charge is 0.419 e. The van der Waals surface area contributed by atoms with Gasteiger partial charge in [0, 0.05) is 19.3 Å². The lowest BCUT2D eigenvalue weighted by Gasteiger charge is -2.34. The fourth-order valence-electron chi connectivity index (χ4n) is 4.13. The second-order valence-corrected chi connectivity index (χ2v) is 7.95. The highest BCUT2D eigenvalue weighted by molar-refractivity contribution is 5.80. The molecule has 1 fully saturated rings. The number of alkyl halides is 3. The van der Waals surface area contributed by atoms with Crippen LogP contribution in [0.5, 0.6) is 11.5 Å². The van der Waals surface area contributed by atoms with Gasteiger partial charge < -0.3 is 19.7 Å². The number of nitrogens with zero attached hydrogens (tertiary/aromatic N) is 2. The zero-order chi connectivity index (χ0) is 23.5. The molecular formula is C23H28F3N3O3. The molecule has 1 aliphatic rings. The Morgan fingerprint density at radius 3 is 2.59 bits per heavy atom. The maximum absolute atomic E-state index is 13.4. The quantitative estimate of drug-likeness (QED) is 0.700. The molecular weight excluding hydrogens is 423 g/mol. The summed E-state index contributed by atoms with van der Waals surface area (Å²) in [6.45, 7) is 4.40. The molecule has 174 valence electrons. The molecule has 6 nitrogen and oxygen atoms in total. The molecule has 2 atom stereocenters. The summed E-state index contributed by atoms with van der Waals surface area (Å²) in [7, 11) is 3.10. The fourth-order valence-corrected chi connectivity index (χ4v) is 4.13. The van der Waals surface area contributed by atoms with Crippen LogP contribution in [0.25, 0.3) is 0 Å². The van der Waals surface area contributed by atoms with Crippen molar-refractivity contribution in [1.29, 1.82) is 0 Å². The average Bonchev–Trinajstić information content (AvgIpc) is 2.78. The molecule has 3 rings (SSSR count). The molecule has 1 aliphatic heterocycles. The van der Waals surface area contributed by atoms with Gasteiger partial charge in [-0.3, -0.25) is 4.79 Å². The largest absolute Gasteiger partial charge is 0.493 e. The highest BCUT2D eigenvalue weighted by Gasteiger charge is 2.37. The van der Waals surface area contributed by atoms with Crippen molar-refractivity contribution >= 4 is 11.7 Å². The summed E-state index contributed by atoms with van der Waals surface area (Å²) < 4.78 is 50.9. The number of hydrogen-bond acceptors (Lipinski definition) is 5. The van der Waals surface area contributed by atoms with Gasteiger partial charge in [-0.15, -0.1) is 0 Å². The minimum absolute atomic E-state index is 0.124. The highest BCUT2D eigenvalue weighted by Crippen LogP contribution is 2.37. The first-order valence-electron chi connectivity index (χ1n) is 10.5. The number of amides is 1. The van der Waals surface area contributed by atoms with Gasteiger partial charge >= 0.3 is 6.18 Å². The van der Waals surface area contributed by atoms with E-state index in [4.69, 9.17) is 9.47 Å². The molecule has 0 aliphatic carbocycles. The van der Waals surface area contributed by atoms with E-state index in [-0.39, 0.29) is 24.3 Å². The van der Waals surface area contributed by atoms with Crippen LogP contribution in [0.15, 0.2) is 30.5 Å². The number of rotatable bonds is 6. The number of carbonyl (C=O) groups is 1. The Bertz CT molecular complexity index is 965. The molecule has 1 aromatic heterocycles. The van der Waals surface area contributed by atoms with E-state index in [0.29, 0.717) is 30.9 Å². The van der Waals surface area contributed by atoms with Crippen LogP contribution in [0.3, 0.4) is 0 Å². The molecule has 2 aromatic rings. The van der Waals surface area contributed by atoms with Crippen LogP contribution in [0, 0.1) is 12.8 Å². The van der Waals surface area contributed by atoms with Crippen molar-refractivity contribution < 1.29 is 27.4 Å². The molecule has 0 bridgehead atoms. The van der Waals surface area contributed by atoms with Crippen LogP contribution in [0.2, 0.25) is 0 Å². The van der Waals surface area contributed by atoms with Gasteiger partial charge in [0.05, 0.1) is 31.7 Å². The predicted molar refractivity (Wildman–Crippen MR) is 115 cm³/mol. The molecule has 2 unspecified atom stereocenters. The van der Waals surface area contributed by atoms with Crippen LogP contribution in [-0.4, -0.2) is 38.2 Å². The van der Waals surface area contributed by atoms with E-state index in [1.54, 1.807) is 19.1 Å². The monoisotopic (exact) mass is 451 g/mol. The molecule has 1 N–H and O–H groups in total. The SMILES string of the molecule is COc1cc(C)c(C(C)NC(=O)C2CCCN(c3ncccc3C(F)(F)F)C2)cc1OC. The third kappa shape index (κ3) is 5.08. The Kier molecular flexibility index (Phi) is 7.16. The lowest BCUT2D eigenvalue weighted by Crippen LogP contribution is -2.44. The molecule has 0 spiro atoms. The number of halogens is 3. The summed E-state index contributed by atoms with van der Waals surface area (Å²) in [4.78, 5) is 18.5. The Labute approximate surface area is 185 Å². The lowest BCUT2D eigenvalue weighted by molar-refractivity contribution is -0.137. The van der Waals surface area contributed by atoms with Gasteiger partial charge in [-0.25, -0.2) is 4.98 Å². The van der Waals surface area contributed by atoms with Crippen molar-refractivity contribution in [2.24, 2.45) is 5.92 Å². The van der Waals surface area contributed by atoms with E-state index in [2.05, 4.69) is 10.3 Å². The van der Waals surface area contributed by atoms with Gasteiger partial charge in [-0.1, -0.05) is 0 Å². The summed E-state index contributed by atoms with van der Waals surface area (Å²) >= 11 is 0. The van der Waals surface area contributed by atoms with E-state index in [9.17, 15) is 18.0 Å². The first kappa shape index (κ1) is 23.7. The van der Waals surface area contributed by atoms with Gasteiger partial charge in [0.25, 0.3) is 0 Å². The zero-order valence-electron chi connectivity index (χ0n) is 18.6. The van der Waals surface area contributed by atoms with Gasteiger partial charge in [-0.2, -0.15) is 13.2 Å². The van der Waals surface area contributed by atoms with Crippen molar-refractivity contribution in [2.75, 3.05) is 32.2 Å². The number of piperidine rings is 1. The Hall–Kier alpha value is -2.97. The van der Waals surface area contributed by atoms with E-state index >= 15 is 0 Å². The first-order valence-corrected chi connectivity index (χ1v) is 10.5. The number of hydrogen-bond donors (Lipinski definition) is 1. The second kappa shape index (κ2) is 9.67. The molecule has 2 heterocycles. The fraction of sp³-hybridized carbons (Fsp3) is 0.478. The maximum atomic E-state index is 13.4. The first-order chi connectivity index (χ1) is 15.2. The predicted octanol–water partition coefficient (Wildman–Crippen LogP) is 4.52. The number of aryl methyl sites for hydroxylation is 1. The molecule has 0 radical (unpaired) electrons. The van der Waals surface area contributed by atoms with Gasteiger partial charge in [0.1, 0.15) is 5.82 Å². The van der Waals surface area contributed by atoms with Crippen molar-refractivity contribution in [1.82, 2.24) is 10.3 Å². The number of carbonyl (C=O) groups excluding carboxylic acids is 1. The van der Waals surface area contributed by atoms with Gasteiger partial charge in [0.2, 0.25) is 5.91 Å². The molecule has 32 heavy (non-hydrogen) atoms. The van der Waals surface area contributed by atoms with Crippen LogP contribution >= 0.6 is 0 Å². The van der Waals surface area contributed by atoms with E-state index in [1.807, 2.05) is 26.0 Å². The van der Waals surface area contributed by atoms with Gasteiger partial charge in [0.15, 0.2) is 11.5 Å². The minimum Gasteiger partial charge on any atom is -0.493 e. The van der Waals surface area contributed by atoms with Crippen LogP contribution in [0.1, 0.15) is 42.5 Å². The van der Waals surface area contributed by atoms with Crippen LogP contribution in [-0.2, 0) is 11.0 Å². The van der Waals surface area contributed by atoms with Crippen molar-refractivity contribution in [3.63, 3.8) is 0 Å². The number of anilines is 1. The van der Waals surface area contributed by atoms with Crippen LogP contribution in [0.4, 0.5) is 19.0 Å². The van der Waals surface area contributed by atoms with Crippen molar-refractivity contribution in [3.8, 4) is 11.5 Å². The van der Waals surface area contributed by atoms with E-state index in [1.165, 1.54) is 12.3 Å². The maximum Gasteiger partial charge on any atom is 0.419 e. The molecule has 1 saturated heterocycles. The molecule has 0 saturated carbocycles. The molecule has 1 aromatic carbocycles. The molecule has 1 amide bonds. The van der Waals surface area contributed by atoms with Crippen molar-refractivity contribution in [2.45, 2.75) is 38.9 Å². The summed E-state index contributed by atoms with van der Waals surface area (Å²) in [6, 6.07) is 5.66. The summed E-state index contributed by atoms with van der Waals surface area (Å²) in [5.41, 5.74) is 1.03. The number of methoxy groups -OCH3 is 2. The molecule has 9 heteroatoms. The number of benzene rings is 1. The standard InChI is InChI=1S/C23H28F3N3O3/c1-14-11-19(31-3)20(32-4)12-17(14)15(2)28-22(30)16-7-6-10-29(13-16)21-18(23(24,25)26)8-5-9-27-21/h5,8-9,11-12,15-16H,6-7,10,13H2,1-4H3,(H,28,30). The van der Waals surface area contributed by atoms with E-state index < -0.39 is 17.7 Å². The number of aromatic nitrogens is 1. The summed E-state index contributed by atoms with van der Waals surface area (Å²) in [5, 5.41) is 3.01. The summed E-state index contributed by atoms with van der Waals surface area (Å²) in [5.74, 6) is 0.413. The zero-order valence-corrected chi connectivity index (χ0v) is 18.6. The Morgan fingerprint density at radius 1 is 1.25 bits per heavy atom. The number of pyridine rings is 1. The third-order valence-corrected chi connectivity index (χ3v) is 5.78. The summed E-state index contributed by atoms with van der Waals surface area (Å²) in [6.07, 6.45) is -1.95. The lowest BCUT2D eigenvalue weighted by atomic mass is 9.95. The Balaban J connectivity index is 1.74.